The molecular formula is C16H26IN3O3S. The minimum absolute atomic E-state index is 0. The second-order valence-electron chi connectivity index (χ2n) is 5.72. The van der Waals surface area contributed by atoms with Gasteiger partial charge in [-0.2, -0.15) is 0 Å². The molecule has 0 saturated carbocycles. The summed E-state index contributed by atoms with van der Waals surface area (Å²) in [6.07, 6.45) is 3.29. The quantitative estimate of drug-likeness (QED) is 0.406. The highest BCUT2D eigenvalue weighted by atomic mass is 127. The third-order valence-electron chi connectivity index (χ3n) is 3.76. The van der Waals surface area contributed by atoms with Gasteiger partial charge in [-0.15, -0.1) is 24.0 Å². The molecule has 24 heavy (non-hydrogen) atoms. The van der Waals surface area contributed by atoms with E-state index in [2.05, 4.69) is 15.2 Å². The van der Waals surface area contributed by atoms with Crippen LogP contribution < -0.4 is 10.1 Å². The molecule has 0 radical (unpaired) electrons. The topological polar surface area (TPSA) is 71.0 Å². The average Bonchev–Trinajstić information content (AvgIpc) is 2.53. The Bertz CT molecular complexity index is 615. The van der Waals surface area contributed by atoms with E-state index in [0.29, 0.717) is 6.54 Å². The van der Waals surface area contributed by atoms with Crippen molar-refractivity contribution >= 4 is 39.8 Å². The van der Waals surface area contributed by atoms with Crippen LogP contribution in [0, 0.1) is 0 Å². The zero-order valence-electron chi connectivity index (χ0n) is 14.1. The highest BCUT2D eigenvalue weighted by Gasteiger charge is 2.22. The van der Waals surface area contributed by atoms with Crippen LogP contribution in [-0.4, -0.2) is 64.1 Å². The second kappa shape index (κ2) is 10.1. The maximum atomic E-state index is 11.2. The van der Waals surface area contributed by atoms with Gasteiger partial charge in [0.25, 0.3) is 0 Å². The van der Waals surface area contributed by atoms with Crippen LogP contribution in [0.2, 0.25) is 0 Å². The lowest BCUT2D eigenvalue weighted by molar-refractivity contribution is 0.129. The summed E-state index contributed by atoms with van der Waals surface area (Å²) in [5.74, 6) is 1.77. The van der Waals surface area contributed by atoms with Gasteiger partial charge in [-0.25, -0.2) is 8.42 Å². The van der Waals surface area contributed by atoms with Gasteiger partial charge in [-0.05, 0) is 12.1 Å². The summed E-state index contributed by atoms with van der Waals surface area (Å²) >= 11 is 0. The van der Waals surface area contributed by atoms with E-state index >= 15 is 0 Å². The molecule has 1 aromatic rings. The van der Waals surface area contributed by atoms with Gasteiger partial charge in [0.05, 0.1) is 5.75 Å². The van der Waals surface area contributed by atoms with Crippen LogP contribution in [0.3, 0.4) is 0 Å². The van der Waals surface area contributed by atoms with Gasteiger partial charge in [0.1, 0.15) is 21.7 Å². The first kappa shape index (κ1) is 21.0. The minimum atomic E-state index is -2.96. The zero-order valence-corrected chi connectivity index (χ0v) is 17.3. The number of hydrogen-bond donors (Lipinski definition) is 1. The normalized spacial score (nSPS) is 16.4. The van der Waals surface area contributed by atoms with Gasteiger partial charge in [-0.3, -0.25) is 4.99 Å². The Morgan fingerprint density at radius 1 is 1.29 bits per heavy atom. The predicted octanol–water partition coefficient (Wildman–Crippen LogP) is 1.77. The highest BCUT2D eigenvalue weighted by molar-refractivity contribution is 14.0. The number of ether oxygens (including phenoxy) is 1. The van der Waals surface area contributed by atoms with Crippen LogP contribution in [0.4, 0.5) is 0 Å². The van der Waals surface area contributed by atoms with Gasteiger partial charge < -0.3 is 15.0 Å². The van der Waals surface area contributed by atoms with Crippen LogP contribution in [0.5, 0.6) is 5.75 Å². The summed E-state index contributed by atoms with van der Waals surface area (Å²) in [5.41, 5.74) is 0. The van der Waals surface area contributed by atoms with Gasteiger partial charge >= 0.3 is 0 Å². The maximum Gasteiger partial charge on any atom is 0.193 e. The van der Waals surface area contributed by atoms with Gasteiger partial charge in [0, 0.05) is 45.8 Å². The fraction of sp³-hybridized carbons (Fsp3) is 0.562. The van der Waals surface area contributed by atoms with E-state index in [0.717, 1.165) is 37.6 Å². The number of sulfone groups is 1. The molecule has 0 unspecified atom stereocenters. The standard InChI is InChI=1S/C16H25N3O3S.HI/c1-17-16(18-10-13-23(2,20)21)19-11-8-15(9-12-19)22-14-6-4-3-5-7-14;/h3-7,15H,8-13H2,1-2H3,(H,17,18);1H. The molecule has 0 atom stereocenters. The number of rotatable bonds is 5. The summed E-state index contributed by atoms with van der Waals surface area (Å²) < 4.78 is 28.3. The van der Waals surface area contributed by atoms with Crippen LogP contribution in [0.15, 0.2) is 35.3 Å². The summed E-state index contributed by atoms with van der Waals surface area (Å²) in [6, 6.07) is 9.85. The molecule has 1 heterocycles. The first-order valence-corrected chi connectivity index (χ1v) is 9.89. The van der Waals surface area contributed by atoms with E-state index in [9.17, 15) is 8.42 Å². The van der Waals surface area contributed by atoms with E-state index in [1.165, 1.54) is 6.26 Å². The van der Waals surface area contributed by atoms with Crippen molar-refractivity contribution in [3.05, 3.63) is 30.3 Å². The first-order valence-electron chi connectivity index (χ1n) is 7.83. The predicted molar refractivity (Wildman–Crippen MR) is 108 cm³/mol. The van der Waals surface area contributed by atoms with Crippen LogP contribution in [-0.2, 0) is 9.84 Å². The molecule has 2 rings (SSSR count). The average molecular weight is 467 g/mol. The fourth-order valence-corrected chi connectivity index (χ4v) is 3.03. The Morgan fingerprint density at radius 2 is 1.92 bits per heavy atom. The van der Waals surface area contributed by atoms with Crippen molar-refractivity contribution in [3.63, 3.8) is 0 Å². The van der Waals surface area contributed by atoms with E-state index in [1.54, 1.807) is 7.05 Å². The molecule has 1 aliphatic rings. The molecule has 8 heteroatoms. The fourth-order valence-electron chi connectivity index (χ4n) is 2.56. The largest absolute Gasteiger partial charge is 0.490 e. The van der Waals surface area contributed by atoms with Crippen molar-refractivity contribution in [1.82, 2.24) is 10.2 Å². The molecule has 0 amide bonds. The van der Waals surface area contributed by atoms with Crippen LogP contribution in [0.25, 0.3) is 0 Å². The van der Waals surface area contributed by atoms with Crippen LogP contribution in [0.1, 0.15) is 12.8 Å². The molecule has 0 aromatic heterocycles. The Morgan fingerprint density at radius 3 is 2.46 bits per heavy atom. The molecule has 0 aliphatic carbocycles. The van der Waals surface area contributed by atoms with Crippen molar-refractivity contribution in [3.8, 4) is 5.75 Å². The first-order chi connectivity index (χ1) is 11.0. The highest BCUT2D eigenvalue weighted by Crippen LogP contribution is 2.18. The number of aliphatic imine (C=N–C) groups is 1. The molecule has 1 N–H and O–H groups in total. The van der Waals surface area contributed by atoms with Gasteiger partial charge in [0.2, 0.25) is 0 Å². The number of likely N-dealkylation sites (tertiary alicyclic amines) is 1. The lowest BCUT2D eigenvalue weighted by Gasteiger charge is -2.34. The third-order valence-corrected chi connectivity index (χ3v) is 4.70. The number of para-hydroxylation sites is 1. The van der Waals surface area contributed by atoms with Crippen molar-refractivity contribution in [2.24, 2.45) is 4.99 Å². The van der Waals surface area contributed by atoms with E-state index in [-0.39, 0.29) is 35.8 Å². The molecule has 0 spiro atoms. The van der Waals surface area contributed by atoms with Crippen molar-refractivity contribution in [1.29, 1.82) is 0 Å². The summed E-state index contributed by atoms with van der Waals surface area (Å²) in [7, 11) is -1.24. The Balaban J connectivity index is 0.00000288. The van der Waals surface area contributed by atoms with E-state index in [1.807, 2.05) is 30.3 Å². The van der Waals surface area contributed by atoms with Crippen LogP contribution >= 0.6 is 24.0 Å². The van der Waals surface area contributed by atoms with E-state index < -0.39 is 9.84 Å². The molecule has 0 bridgehead atoms. The SMILES string of the molecule is CN=C(NCCS(C)(=O)=O)N1CCC(Oc2ccccc2)CC1.I. The smallest absolute Gasteiger partial charge is 0.193 e. The number of guanidine groups is 1. The van der Waals surface area contributed by atoms with Crippen molar-refractivity contribution < 1.29 is 13.2 Å². The monoisotopic (exact) mass is 467 g/mol. The minimum Gasteiger partial charge on any atom is -0.490 e. The Hall–Kier alpha value is -1.03. The molecule has 6 nitrogen and oxygen atoms in total. The molecule has 1 aromatic carbocycles. The summed E-state index contributed by atoms with van der Waals surface area (Å²) in [4.78, 5) is 6.38. The summed E-state index contributed by atoms with van der Waals surface area (Å²) in [6.45, 7) is 2.07. The number of hydrogen-bond acceptors (Lipinski definition) is 4. The lowest BCUT2D eigenvalue weighted by Crippen LogP contribution is -2.48. The Kier molecular flexibility index (Phi) is 8.82. The van der Waals surface area contributed by atoms with Gasteiger partial charge in [0.15, 0.2) is 5.96 Å². The Labute approximate surface area is 161 Å². The van der Waals surface area contributed by atoms with Crippen molar-refractivity contribution in [2.45, 2.75) is 18.9 Å². The summed E-state index contributed by atoms with van der Waals surface area (Å²) in [5, 5.41) is 3.12. The second-order valence-corrected chi connectivity index (χ2v) is 7.98. The number of halogens is 1. The molecule has 136 valence electrons. The third kappa shape index (κ3) is 7.25. The van der Waals surface area contributed by atoms with Crippen molar-refractivity contribution in [2.75, 3.05) is 38.7 Å². The number of nitrogens with one attached hydrogen (secondary N) is 1. The van der Waals surface area contributed by atoms with Gasteiger partial charge in [-0.1, -0.05) is 18.2 Å². The van der Waals surface area contributed by atoms with E-state index in [4.69, 9.17) is 4.74 Å². The maximum absolute atomic E-state index is 11.2. The number of benzene rings is 1. The molecule has 1 saturated heterocycles. The lowest BCUT2D eigenvalue weighted by atomic mass is 10.1. The molecular weight excluding hydrogens is 441 g/mol. The number of piperidine rings is 1. The molecule has 1 aliphatic heterocycles. The zero-order chi connectivity index (χ0) is 16.7. The number of nitrogens with zero attached hydrogens (tertiary/aromatic N) is 2. The molecule has 1 fully saturated rings.